The van der Waals surface area contributed by atoms with Crippen LogP contribution in [-0.2, 0) is 0 Å². The molecule has 0 radical (unpaired) electrons. The first kappa shape index (κ1) is 16.4. The number of phenolic OH excluding ortho intramolecular Hbond substituents is 1. The average molecular weight is 329 g/mol. The Bertz CT molecular complexity index is 715. The lowest BCUT2D eigenvalue weighted by molar-refractivity contribution is -0.00825. The summed E-state index contributed by atoms with van der Waals surface area (Å²) in [6.07, 6.45) is 4.67. The third-order valence-electron chi connectivity index (χ3n) is 4.29. The molecule has 1 aliphatic heterocycles. The smallest absolute Gasteiger partial charge is 0.252 e. The number of hydrogen-bond acceptors (Lipinski definition) is 4. The van der Waals surface area contributed by atoms with Crippen molar-refractivity contribution in [1.82, 2.24) is 15.4 Å². The van der Waals surface area contributed by atoms with Crippen molar-refractivity contribution < 1.29 is 14.4 Å². The molecule has 1 saturated heterocycles. The molecule has 0 aliphatic carbocycles. The normalized spacial score (nSPS) is 16.0. The first-order valence-corrected chi connectivity index (χ1v) is 8.05. The number of aromatic nitrogens is 1. The first-order chi connectivity index (χ1) is 11.6. The van der Waals surface area contributed by atoms with Crippen LogP contribution in [-0.4, -0.2) is 40.8 Å². The molecule has 1 aromatic carbocycles. The van der Waals surface area contributed by atoms with Crippen molar-refractivity contribution in [3.05, 3.63) is 48.3 Å². The van der Waals surface area contributed by atoms with Crippen LogP contribution in [0.5, 0.6) is 5.75 Å². The second-order valence-electron chi connectivity index (χ2n) is 6.08. The fourth-order valence-electron chi connectivity index (χ4n) is 2.85. The Morgan fingerprint density at radius 2 is 2.04 bits per heavy atom. The fourth-order valence-corrected chi connectivity index (χ4v) is 2.85. The van der Waals surface area contributed by atoms with Crippen molar-refractivity contribution in [2.75, 3.05) is 19.6 Å². The molecular weight excluding hydrogens is 309 g/mol. The van der Waals surface area contributed by atoms with Crippen LogP contribution in [0.1, 0.15) is 23.2 Å². The summed E-state index contributed by atoms with van der Waals surface area (Å²) >= 11 is 0. The van der Waals surface area contributed by atoms with Gasteiger partial charge in [0.05, 0.1) is 5.56 Å². The molecule has 1 aliphatic rings. The van der Waals surface area contributed by atoms with Gasteiger partial charge in [-0.05, 0) is 42.5 Å². The highest BCUT2D eigenvalue weighted by atomic mass is 19.2. The van der Waals surface area contributed by atoms with Crippen LogP contribution in [0.15, 0.2) is 42.7 Å². The predicted octanol–water partition coefficient (Wildman–Crippen LogP) is 2.78. The van der Waals surface area contributed by atoms with Gasteiger partial charge in [0.1, 0.15) is 5.75 Å². The molecule has 126 valence electrons. The zero-order valence-electron chi connectivity index (χ0n) is 13.3. The van der Waals surface area contributed by atoms with Gasteiger partial charge in [-0.2, -0.15) is 0 Å². The Morgan fingerprint density at radius 1 is 1.25 bits per heavy atom. The van der Waals surface area contributed by atoms with E-state index in [-0.39, 0.29) is 11.7 Å². The molecule has 6 heteroatoms. The quantitative estimate of drug-likeness (QED) is 0.847. The number of aromatic hydroxyl groups is 1. The molecule has 1 aromatic heterocycles. The molecule has 24 heavy (non-hydrogen) atoms. The lowest BCUT2D eigenvalue weighted by Crippen LogP contribution is -2.35. The molecule has 1 amide bonds. The predicted molar refractivity (Wildman–Crippen MR) is 89.1 cm³/mol. The number of halogens is 1. The molecule has 0 atom stereocenters. The molecule has 0 spiro atoms. The maximum absolute atomic E-state index is 13.0. The summed E-state index contributed by atoms with van der Waals surface area (Å²) in [5.74, 6) is 0.289. The number of carbonyl (C=O) groups excluding carboxylic acids is 1. The number of pyridine rings is 1. The van der Waals surface area contributed by atoms with Crippen molar-refractivity contribution >= 4 is 5.91 Å². The van der Waals surface area contributed by atoms with Gasteiger partial charge in [0.15, 0.2) is 0 Å². The molecule has 2 heterocycles. The van der Waals surface area contributed by atoms with E-state index in [1.54, 1.807) is 30.5 Å². The summed E-state index contributed by atoms with van der Waals surface area (Å²) in [6, 6.07) is 8.57. The number of amides is 1. The van der Waals surface area contributed by atoms with E-state index in [2.05, 4.69) is 10.3 Å². The van der Waals surface area contributed by atoms with E-state index in [0.717, 1.165) is 29.1 Å². The van der Waals surface area contributed by atoms with Gasteiger partial charge in [-0.25, -0.2) is 0 Å². The van der Waals surface area contributed by atoms with E-state index in [1.807, 2.05) is 6.07 Å². The molecule has 0 saturated carbocycles. The standard InChI is InChI=1S/C18H20FN3O2/c19-22-6-4-13(5-7-22)10-21-18(24)16-8-15(11-20-12-16)14-2-1-3-17(23)9-14/h1-3,8-9,11-13,23H,4-7,10H2,(H,21,24). The van der Waals surface area contributed by atoms with Crippen LogP contribution in [0.4, 0.5) is 4.48 Å². The molecule has 2 N–H and O–H groups in total. The summed E-state index contributed by atoms with van der Waals surface area (Å²) in [6.45, 7) is 1.40. The number of rotatable bonds is 4. The third kappa shape index (κ3) is 4.08. The van der Waals surface area contributed by atoms with Gasteiger partial charge in [0.2, 0.25) is 0 Å². The summed E-state index contributed by atoms with van der Waals surface area (Å²) in [7, 11) is 0. The zero-order chi connectivity index (χ0) is 16.9. The molecule has 2 aromatic rings. The molecule has 0 bridgehead atoms. The highest BCUT2D eigenvalue weighted by molar-refractivity contribution is 5.95. The molecular formula is C18H20FN3O2. The Labute approximate surface area is 140 Å². The number of nitrogens with zero attached hydrogens (tertiary/aromatic N) is 2. The van der Waals surface area contributed by atoms with E-state index in [9.17, 15) is 14.4 Å². The van der Waals surface area contributed by atoms with Crippen molar-refractivity contribution in [2.24, 2.45) is 5.92 Å². The highest BCUT2D eigenvalue weighted by Crippen LogP contribution is 2.23. The fraction of sp³-hybridized carbons (Fsp3) is 0.333. The van der Waals surface area contributed by atoms with Crippen LogP contribution in [0.3, 0.4) is 0 Å². The number of nitrogens with one attached hydrogen (secondary N) is 1. The Balaban J connectivity index is 1.64. The van der Waals surface area contributed by atoms with Crippen LogP contribution < -0.4 is 5.32 Å². The first-order valence-electron chi connectivity index (χ1n) is 8.05. The van der Waals surface area contributed by atoms with Crippen molar-refractivity contribution in [2.45, 2.75) is 12.8 Å². The summed E-state index contributed by atoms with van der Waals surface area (Å²) in [5, 5.41) is 13.3. The minimum absolute atomic E-state index is 0.168. The molecule has 1 fully saturated rings. The second-order valence-corrected chi connectivity index (χ2v) is 6.08. The molecule has 3 rings (SSSR count). The maximum Gasteiger partial charge on any atom is 0.252 e. The van der Waals surface area contributed by atoms with Gasteiger partial charge in [0.25, 0.3) is 5.91 Å². The lowest BCUT2D eigenvalue weighted by Gasteiger charge is -2.25. The van der Waals surface area contributed by atoms with Gasteiger partial charge in [-0.15, -0.1) is 9.60 Å². The largest absolute Gasteiger partial charge is 0.508 e. The minimum Gasteiger partial charge on any atom is -0.508 e. The number of benzene rings is 1. The lowest BCUT2D eigenvalue weighted by atomic mass is 9.98. The van der Waals surface area contributed by atoms with Gasteiger partial charge in [-0.3, -0.25) is 9.78 Å². The van der Waals surface area contributed by atoms with Gasteiger partial charge in [0, 0.05) is 37.6 Å². The van der Waals surface area contributed by atoms with Gasteiger partial charge in [-0.1, -0.05) is 12.1 Å². The Morgan fingerprint density at radius 3 is 2.79 bits per heavy atom. The van der Waals surface area contributed by atoms with Crippen LogP contribution in [0.2, 0.25) is 0 Å². The van der Waals surface area contributed by atoms with Crippen LogP contribution >= 0.6 is 0 Å². The van der Waals surface area contributed by atoms with Crippen molar-refractivity contribution in [1.29, 1.82) is 0 Å². The van der Waals surface area contributed by atoms with E-state index in [4.69, 9.17) is 0 Å². The number of carbonyl (C=O) groups is 1. The van der Waals surface area contributed by atoms with Crippen molar-refractivity contribution in [3.8, 4) is 16.9 Å². The number of hydrogen-bond donors (Lipinski definition) is 2. The number of piperidine rings is 1. The second kappa shape index (κ2) is 7.40. The van der Waals surface area contributed by atoms with Crippen LogP contribution in [0, 0.1) is 5.92 Å². The summed E-state index contributed by atoms with van der Waals surface area (Å²) < 4.78 is 13.0. The van der Waals surface area contributed by atoms with Crippen LogP contribution in [0.25, 0.3) is 11.1 Å². The van der Waals surface area contributed by atoms with Gasteiger partial charge >= 0.3 is 0 Å². The average Bonchev–Trinajstić information content (AvgIpc) is 2.61. The highest BCUT2D eigenvalue weighted by Gasteiger charge is 2.19. The molecule has 5 nitrogen and oxygen atoms in total. The third-order valence-corrected chi connectivity index (χ3v) is 4.29. The zero-order valence-corrected chi connectivity index (χ0v) is 13.3. The minimum atomic E-state index is -0.188. The maximum atomic E-state index is 13.0. The topological polar surface area (TPSA) is 65.5 Å². The number of phenols is 1. The monoisotopic (exact) mass is 329 g/mol. The van der Waals surface area contributed by atoms with Gasteiger partial charge < -0.3 is 10.4 Å². The summed E-state index contributed by atoms with van der Waals surface area (Å²) in [5.41, 5.74) is 2.04. The van der Waals surface area contributed by atoms with Crippen molar-refractivity contribution in [3.63, 3.8) is 0 Å². The van der Waals surface area contributed by atoms with E-state index < -0.39 is 0 Å². The molecule has 0 unspecified atom stereocenters. The Kier molecular flexibility index (Phi) is 5.05. The Hall–Kier alpha value is -2.47. The van der Waals surface area contributed by atoms with E-state index in [0.29, 0.717) is 31.1 Å². The van der Waals surface area contributed by atoms with E-state index >= 15 is 0 Å². The summed E-state index contributed by atoms with van der Waals surface area (Å²) in [4.78, 5) is 16.4. The SMILES string of the molecule is O=C(NCC1CCN(F)CC1)c1cncc(-c2cccc(O)c2)c1. The van der Waals surface area contributed by atoms with E-state index in [1.165, 1.54) is 6.20 Å².